The van der Waals surface area contributed by atoms with Crippen LogP contribution < -0.4 is 5.32 Å². The number of likely N-dealkylation sites (N-methyl/N-ethyl adjacent to an activating group) is 1. The Morgan fingerprint density at radius 2 is 1.95 bits per heavy atom. The van der Waals surface area contributed by atoms with Crippen LogP contribution in [-0.2, 0) is 4.74 Å². The average Bonchev–Trinajstić information content (AvgIpc) is 2.29. The van der Waals surface area contributed by atoms with Crippen molar-refractivity contribution in [2.75, 3.05) is 53.5 Å². The highest BCUT2D eigenvalue weighted by atomic mass is 16.5. The van der Waals surface area contributed by atoms with Gasteiger partial charge in [0.05, 0.1) is 13.2 Å². The van der Waals surface area contributed by atoms with E-state index in [-0.39, 0.29) is 0 Å². The summed E-state index contributed by atoms with van der Waals surface area (Å²) in [6.45, 7) is 15.2. The Kier molecular flexibility index (Phi) is 6.74. The van der Waals surface area contributed by atoms with Gasteiger partial charge in [0.25, 0.3) is 0 Å². The fraction of sp³-hybridized carbons (Fsp3) is 1.00. The van der Waals surface area contributed by atoms with Crippen LogP contribution in [0.2, 0.25) is 0 Å². The van der Waals surface area contributed by atoms with Gasteiger partial charge in [-0.05, 0) is 26.4 Å². The predicted molar refractivity (Wildman–Crippen MR) is 81.7 cm³/mol. The minimum atomic E-state index is 0.324. The molecule has 0 radical (unpaired) electrons. The SMILES string of the molecule is CC1CNC(C(C)(C)C)CN1CCOCCN(C)C. The second-order valence-corrected chi connectivity index (χ2v) is 7.09. The zero-order chi connectivity index (χ0) is 14.5. The van der Waals surface area contributed by atoms with Crippen molar-refractivity contribution in [2.24, 2.45) is 5.41 Å². The zero-order valence-corrected chi connectivity index (χ0v) is 13.7. The number of rotatable bonds is 6. The van der Waals surface area contributed by atoms with Crippen LogP contribution in [0.25, 0.3) is 0 Å². The van der Waals surface area contributed by atoms with Gasteiger partial charge in [0.1, 0.15) is 0 Å². The van der Waals surface area contributed by atoms with E-state index in [4.69, 9.17) is 4.74 Å². The van der Waals surface area contributed by atoms with Gasteiger partial charge in [-0.15, -0.1) is 0 Å². The molecule has 0 bridgehead atoms. The van der Waals surface area contributed by atoms with Gasteiger partial charge in [0.2, 0.25) is 0 Å². The van der Waals surface area contributed by atoms with Gasteiger partial charge < -0.3 is 15.0 Å². The van der Waals surface area contributed by atoms with Crippen LogP contribution in [0.15, 0.2) is 0 Å². The molecular weight excluding hydrogens is 238 g/mol. The minimum absolute atomic E-state index is 0.324. The molecule has 4 heteroatoms. The molecule has 2 atom stereocenters. The van der Waals surface area contributed by atoms with E-state index in [9.17, 15) is 0 Å². The lowest BCUT2D eigenvalue weighted by Crippen LogP contribution is -2.59. The number of nitrogens with one attached hydrogen (secondary N) is 1. The van der Waals surface area contributed by atoms with Crippen molar-refractivity contribution in [1.29, 1.82) is 0 Å². The maximum atomic E-state index is 5.71. The summed E-state index contributed by atoms with van der Waals surface area (Å²) >= 11 is 0. The number of hydrogen-bond donors (Lipinski definition) is 1. The molecular formula is C15H33N3O. The molecule has 0 aromatic heterocycles. The lowest BCUT2D eigenvalue weighted by atomic mass is 9.85. The van der Waals surface area contributed by atoms with Gasteiger partial charge in [0, 0.05) is 38.3 Å². The molecule has 1 saturated heterocycles. The highest BCUT2D eigenvalue weighted by molar-refractivity contribution is 4.90. The van der Waals surface area contributed by atoms with Gasteiger partial charge in [-0.3, -0.25) is 4.90 Å². The Morgan fingerprint density at radius 3 is 2.53 bits per heavy atom. The standard InChI is InChI=1S/C15H33N3O/c1-13-11-16-14(15(2,3)4)12-18(13)8-10-19-9-7-17(5)6/h13-14,16H,7-12H2,1-6H3. The van der Waals surface area contributed by atoms with Crippen molar-refractivity contribution in [3.05, 3.63) is 0 Å². The van der Waals surface area contributed by atoms with Crippen molar-refractivity contribution in [3.63, 3.8) is 0 Å². The maximum Gasteiger partial charge on any atom is 0.0594 e. The Bertz CT molecular complexity index is 250. The summed E-state index contributed by atoms with van der Waals surface area (Å²) in [5.41, 5.74) is 0.324. The van der Waals surface area contributed by atoms with E-state index in [0.29, 0.717) is 17.5 Å². The van der Waals surface area contributed by atoms with Crippen LogP contribution in [0.1, 0.15) is 27.7 Å². The molecule has 0 aliphatic carbocycles. The van der Waals surface area contributed by atoms with E-state index in [1.807, 2.05) is 0 Å². The molecule has 1 aliphatic rings. The number of nitrogens with zero attached hydrogens (tertiary/aromatic N) is 2. The summed E-state index contributed by atoms with van der Waals surface area (Å²) in [6.07, 6.45) is 0. The fourth-order valence-corrected chi connectivity index (χ4v) is 2.34. The second kappa shape index (κ2) is 7.58. The first-order valence-electron chi connectivity index (χ1n) is 7.50. The van der Waals surface area contributed by atoms with Crippen LogP contribution in [0, 0.1) is 5.41 Å². The monoisotopic (exact) mass is 271 g/mol. The summed E-state index contributed by atoms with van der Waals surface area (Å²) in [5.74, 6) is 0. The molecule has 1 aliphatic heterocycles. The van der Waals surface area contributed by atoms with Crippen LogP contribution in [0.5, 0.6) is 0 Å². The van der Waals surface area contributed by atoms with Gasteiger partial charge >= 0.3 is 0 Å². The van der Waals surface area contributed by atoms with Gasteiger partial charge in [-0.25, -0.2) is 0 Å². The first-order chi connectivity index (χ1) is 8.80. The molecule has 0 spiro atoms. The van der Waals surface area contributed by atoms with E-state index in [2.05, 4.69) is 56.9 Å². The highest BCUT2D eigenvalue weighted by Gasteiger charge is 2.31. The number of ether oxygens (including phenoxy) is 1. The molecule has 0 amide bonds. The number of piperazine rings is 1. The zero-order valence-electron chi connectivity index (χ0n) is 13.7. The molecule has 4 nitrogen and oxygen atoms in total. The van der Waals surface area contributed by atoms with Crippen LogP contribution >= 0.6 is 0 Å². The molecule has 0 saturated carbocycles. The van der Waals surface area contributed by atoms with Crippen LogP contribution in [-0.4, -0.2) is 75.4 Å². The maximum absolute atomic E-state index is 5.71. The Hall–Kier alpha value is -0.160. The van der Waals surface area contributed by atoms with Crippen molar-refractivity contribution in [1.82, 2.24) is 15.1 Å². The third-order valence-corrected chi connectivity index (χ3v) is 3.95. The summed E-state index contributed by atoms with van der Waals surface area (Å²) in [4.78, 5) is 4.71. The molecule has 0 aromatic carbocycles. The summed E-state index contributed by atoms with van der Waals surface area (Å²) in [5, 5.41) is 3.67. The topological polar surface area (TPSA) is 27.7 Å². The third-order valence-electron chi connectivity index (χ3n) is 3.95. The molecule has 0 aromatic rings. The normalized spacial score (nSPS) is 26.1. The van der Waals surface area contributed by atoms with Crippen molar-refractivity contribution >= 4 is 0 Å². The summed E-state index contributed by atoms with van der Waals surface area (Å²) < 4.78 is 5.71. The third kappa shape index (κ3) is 6.21. The Labute approximate surface area is 119 Å². The molecule has 1 fully saturated rings. The fourth-order valence-electron chi connectivity index (χ4n) is 2.34. The van der Waals surface area contributed by atoms with Gasteiger partial charge in [-0.1, -0.05) is 20.8 Å². The molecule has 19 heavy (non-hydrogen) atoms. The second-order valence-electron chi connectivity index (χ2n) is 7.09. The first kappa shape index (κ1) is 16.9. The van der Waals surface area contributed by atoms with E-state index in [1.54, 1.807) is 0 Å². The predicted octanol–water partition coefficient (Wildman–Crippen LogP) is 1.27. The molecule has 2 unspecified atom stereocenters. The quantitative estimate of drug-likeness (QED) is 0.737. The Morgan fingerprint density at radius 1 is 1.26 bits per heavy atom. The molecule has 1 N–H and O–H groups in total. The first-order valence-corrected chi connectivity index (χ1v) is 7.50. The largest absolute Gasteiger partial charge is 0.379 e. The lowest BCUT2D eigenvalue weighted by Gasteiger charge is -2.44. The lowest BCUT2D eigenvalue weighted by molar-refractivity contribution is 0.0480. The molecule has 1 rings (SSSR count). The number of hydrogen-bond acceptors (Lipinski definition) is 4. The highest BCUT2D eigenvalue weighted by Crippen LogP contribution is 2.23. The summed E-state index contributed by atoms with van der Waals surface area (Å²) in [7, 11) is 4.16. The average molecular weight is 271 g/mol. The minimum Gasteiger partial charge on any atom is -0.379 e. The van der Waals surface area contributed by atoms with E-state index >= 15 is 0 Å². The smallest absolute Gasteiger partial charge is 0.0594 e. The van der Waals surface area contributed by atoms with E-state index < -0.39 is 0 Å². The van der Waals surface area contributed by atoms with Gasteiger partial charge in [-0.2, -0.15) is 0 Å². The summed E-state index contributed by atoms with van der Waals surface area (Å²) in [6, 6.07) is 1.18. The molecule has 114 valence electrons. The molecule has 1 heterocycles. The van der Waals surface area contributed by atoms with Crippen molar-refractivity contribution in [2.45, 2.75) is 39.8 Å². The van der Waals surface area contributed by atoms with E-state index in [0.717, 1.165) is 39.4 Å². The Balaban J connectivity index is 2.27. The van der Waals surface area contributed by atoms with Crippen LogP contribution in [0.4, 0.5) is 0 Å². The van der Waals surface area contributed by atoms with E-state index in [1.165, 1.54) is 0 Å². The van der Waals surface area contributed by atoms with Crippen molar-refractivity contribution in [3.8, 4) is 0 Å². The van der Waals surface area contributed by atoms with Crippen LogP contribution in [0.3, 0.4) is 0 Å². The van der Waals surface area contributed by atoms with Gasteiger partial charge in [0.15, 0.2) is 0 Å². The van der Waals surface area contributed by atoms with Crippen molar-refractivity contribution < 1.29 is 4.74 Å².